The van der Waals surface area contributed by atoms with Crippen LogP contribution >= 0.6 is 23.6 Å². The summed E-state index contributed by atoms with van der Waals surface area (Å²) in [6.45, 7) is 6.02. The second-order valence-corrected chi connectivity index (χ2v) is 6.59. The fourth-order valence-corrected chi connectivity index (χ4v) is 3.07. The number of H-pyrrole nitrogens is 1. The molecule has 102 valence electrons. The van der Waals surface area contributed by atoms with Gasteiger partial charge in [-0.25, -0.2) is 0 Å². The Hall–Kier alpha value is -0.720. The van der Waals surface area contributed by atoms with Crippen LogP contribution in [0.3, 0.4) is 0 Å². The van der Waals surface area contributed by atoms with Crippen molar-refractivity contribution in [1.29, 1.82) is 0 Å². The summed E-state index contributed by atoms with van der Waals surface area (Å²) in [6.07, 6.45) is 1.10. The highest BCUT2D eigenvalue weighted by atomic mass is 32.1. The van der Waals surface area contributed by atoms with Crippen molar-refractivity contribution in [2.75, 3.05) is 6.61 Å². The topological polar surface area (TPSA) is 65.1 Å². The van der Waals surface area contributed by atoms with Crippen molar-refractivity contribution in [1.82, 2.24) is 10.3 Å². The van der Waals surface area contributed by atoms with Crippen LogP contribution in [0, 0.1) is 16.8 Å². The molecule has 1 aromatic rings. The molecular formula is C12H20N2O2S2. The third-order valence-electron chi connectivity index (χ3n) is 2.59. The van der Waals surface area contributed by atoms with E-state index in [4.69, 9.17) is 12.2 Å². The molecule has 0 aromatic carbocycles. The Labute approximate surface area is 116 Å². The second-order valence-electron chi connectivity index (χ2n) is 4.82. The lowest BCUT2D eigenvalue weighted by Gasteiger charge is -2.18. The van der Waals surface area contributed by atoms with Gasteiger partial charge in [0.1, 0.15) is 0 Å². The van der Waals surface area contributed by atoms with Crippen molar-refractivity contribution in [3.63, 3.8) is 0 Å². The Bertz CT molecular complexity index is 451. The maximum absolute atomic E-state index is 11.9. The van der Waals surface area contributed by atoms with E-state index in [9.17, 15) is 9.90 Å². The molecule has 0 radical (unpaired) electrons. The number of thiazole rings is 1. The smallest absolute Gasteiger partial charge is 0.225 e. The maximum Gasteiger partial charge on any atom is 0.225 e. The van der Waals surface area contributed by atoms with Crippen LogP contribution in [0.25, 0.3) is 0 Å². The van der Waals surface area contributed by atoms with E-state index in [1.165, 1.54) is 11.3 Å². The molecule has 4 nitrogen and oxygen atoms in total. The van der Waals surface area contributed by atoms with Gasteiger partial charge in [0.05, 0.1) is 19.1 Å². The summed E-state index contributed by atoms with van der Waals surface area (Å²) < 4.78 is 0.691. The zero-order valence-electron chi connectivity index (χ0n) is 10.9. The molecule has 1 heterocycles. The highest BCUT2D eigenvalue weighted by Crippen LogP contribution is 2.15. The standard InChI is InChI=1S/C12H20N2O2S2/c1-7(2)4-9(6-15)14-11(16)5-10-8(3)13-12(17)18-10/h7,9,15H,4-6H2,1-3H3,(H,13,17)(H,14,16)/t9-/m1/s1. The first-order valence-corrected chi connectivity index (χ1v) is 7.23. The fraction of sp³-hybridized carbons (Fsp3) is 0.667. The summed E-state index contributed by atoms with van der Waals surface area (Å²) in [4.78, 5) is 15.8. The molecule has 0 aliphatic carbocycles. The number of amides is 1. The predicted molar refractivity (Wildman–Crippen MR) is 76.4 cm³/mol. The number of carbonyl (C=O) groups is 1. The summed E-state index contributed by atoms with van der Waals surface area (Å²) in [5.41, 5.74) is 0.949. The summed E-state index contributed by atoms with van der Waals surface area (Å²) in [6, 6.07) is -0.162. The van der Waals surface area contributed by atoms with E-state index in [1.807, 2.05) is 6.92 Å². The van der Waals surface area contributed by atoms with E-state index in [2.05, 4.69) is 24.1 Å². The molecule has 0 aliphatic rings. The first-order valence-electron chi connectivity index (χ1n) is 6.01. The average Bonchev–Trinajstić information content (AvgIpc) is 2.55. The number of aryl methyl sites for hydroxylation is 1. The summed E-state index contributed by atoms with van der Waals surface area (Å²) in [7, 11) is 0. The van der Waals surface area contributed by atoms with Gasteiger partial charge in [0.25, 0.3) is 0 Å². The molecule has 1 aromatic heterocycles. The lowest BCUT2D eigenvalue weighted by Crippen LogP contribution is -2.39. The first kappa shape index (κ1) is 15.3. The van der Waals surface area contributed by atoms with Crippen LogP contribution in [-0.4, -0.2) is 28.6 Å². The molecule has 18 heavy (non-hydrogen) atoms. The zero-order valence-corrected chi connectivity index (χ0v) is 12.6. The highest BCUT2D eigenvalue weighted by Gasteiger charge is 2.14. The van der Waals surface area contributed by atoms with Gasteiger partial charge in [-0.1, -0.05) is 13.8 Å². The molecule has 0 saturated heterocycles. The molecule has 0 spiro atoms. The molecule has 3 N–H and O–H groups in total. The van der Waals surface area contributed by atoms with Crippen LogP contribution in [0.15, 0.2) is 0 Å². The number of aliphatic hydroxyl groups excluding tert-OH is 1. The second kappa shape index (κ2) is 7.01. The highest BCUT2D eigenvalue weighted by molar-refractivity contribution is 7.73. The van der Waals surface area contributed by atoms with Crippen molar-refractivity contribution < 1.29 is 9.90 Å². The largest absolute Gasteiger partial charge is 0.394 e. The van der Waals surface area contributed by atoms with Crippen molar-refractivity contribution in [3.05, 3.63) is 14.5 Å². The van der Waals surface area contributed by atoms with E-state index in [0.717, 1.165) is 17.0 Å². The summed E-state index contributed by atoms with van der Waals surface area (Å²) >= 11 is 6.46. The predicted octanol–water partition coefficient (Wildman–Crippen LogP) is 2.18. The number of carbonyl (C=O) groups excluding carboxylic acids is 1. The number of hydrogen-bond acceptors (Lipinski definition) is 4. The molecular weight excluding hydrogens is 268 g/mol. The number of rotatable bonds is 6. The third-order valence-corrected chi connectivity index (χ3v) is 3.92. The van der Waals surface area contributed by atoms with Crippen LogP contribution in [0.1, 0.15) is 30.8 Å². The number of aromatic nitrogens is 1. The van der Waals surface area contributed by atoms with Gasteiger partial charge in [-0.05, 0) is 31.5 Å². The van der Waals surface area contributed by atoms with Gasteiger partial charge in [-0.15, -0.1) is 11.3 Å². The Kier molecular flexibility index (Phi) is 5.98. The zero-order chi connectivity index (χ0) is 13.7. The van der Waals surface area contributed by atoms with E-state index in [0.29, 0.717) is 16.3 Å². The molecule has 1 rings (SSSR count). The Balaban J connectivity index is 2.55. The third kappa shape index (κ3) is 4.88. The molecule has 0 aliphatic heterocycles. The summed E-state index contributed by atoms with van der Waals surface area (Å²) in [5, 5.41) is 12.1. The van der Waals surface area contributed by atoms with Crippen LogP contribution < -0.4 is 5.32 Å². The van der Waals surface area contributed by atoms with Gasteiger partial charge in [0, 0.05) is 10.6 Å². The number of nitrogens with one attached hydrogen (secondary N) is 2. The quantitative estimate of drug-likeness (QED) is 0.703. The van der Waals surface area contributed by atoms with E-state index in [1.54, 1.807) is 0 Å². The molecule has 0 saturated carbocycles. The normalized spacial score (nSPS) is 12.7. The number of aliphatic hydroxyl groups is 1. The van der Waals surface area contributed by atoms with Crippen molar-refractivity contribution in [2.24, 2.45) is 5.92 Å². The Morgan fingerprint density at radius 3 is 2.67 bits per heavy atom. The van der Waals surface area contributed by atoms with Gasteiger partial charge >= 0.3 is 0 Å². The van der Waals surface area contributed by atoms with Gasteiger partial charge < -0.3 is 15.4 Å². The minimum atomic E-state index is -0.162. The molecule has 6 heteroatoms. The van der Waals surface area contributed by atoms with Crippen LogP contribution in [0.4, 0.5) is 0 Å². The van der Waals surface area contributed by atoms with Crippen LogP contribution in [-0.2, 0) is 11.2 Å². The van der Waals surface area contributed by atoms with Crippen molar-refractivity contribution in [3.8, 4) is 0 Å². The van der Waals surface area contributed by atoms with E-state index >= 15 is 0 Å². The van der Waals surface area contributed by atoms with Gasteiger partial charge in [-0.2, -0.15) is 0 Å². The Morgan fingerprint density at radius 1 is 1.56 bits per heavy atom. The van der Waals surface area contributed by atoms with Gasteiger partial charge in [0.15, 0.2) is 3.95 Å². The van der Waals surface area contributed by atoms with Crippen molar-refractivity contribution >= 4 is 29.5 Å². The molecule has 0 bridgehead atoms. The first-order chi connectivity index (χ1) is 8.42. The molecule has 0 unspecified atom stereocenters. The Morgan fingerprint density at radius 2 is 2.22 bits per heavy atom. The minimum Gasteiger partial charge on any atom is -0.394 e. The van der Waals surface area contributed by atoms with Crippen LogP contribution in [0.2, 0.25) is 0 Å². The maximum atomic E-state index is 11.9. The van der Waals surface area contributed by atoms with E-state index in [-0.39, 0.29) is 18.6 Å². The molecule has 1 amide bonds. The minimum absolute atomic E-state index is 0.0221. The van der Waals surface area contributed by atoms with Crippen molar-refractivity contribution in [2.45, 2.75) is 39.7 Å². The van der Waals surface area contributed by atoms with Gasteiger partial charge in [0.2, 0.25) is 5.91 Å². The van der Waals surface area contributed by atoms with Crippen LogP contribution in [0.5, 0.6) is 0 Å². The monoisotopic (exact) mass is 288 g/mol. The number of aromatic amines is 1. The summed E-state index contributed by atoms with van der Waals surface area (Å²) in [5.74, 6) is 0.376. The number of hydrogen-bond donors (Lipinski definition) is 3. The lowest BCUT2D eigenvalue weighted by molar-refractivity contribution is -0.121. The average molecular weight is 288 g/mol. The fourth-order valence-electron chi connectivity index (χ4n) is 1.78. The SMILES string of the molecule is Cc1[nH]c(=S)sc1CC(=O)N[C@@H](CO)CC(C)C. The molecule has 0 fully saturated rings. The molecule has 1 atom stereocenters. The lowest BCUT2D eigenvalue weighted by atomic mass is 10.0. The van der Waals surface area contributed by atoms with E-state index < -0.39 is 0 Å². The van der Waals surface area contributed by atoms with Gasteiger partial charge in [-0.3, -0.25) is 4.79 Å².